The number of ether oxygens (including phenoxy) is 2. The van der Waals surface area contributed by atoms with Crippen LogP contribution in [-0.2, 0) is 6.42 Å². The summed E-state index contributed by atoms with van der Waals surface area (Å²) >= 11 is 0. The maximum absolute atomic E-state index is 5.61. The van der Waals surface area contributed by atoms with E-state index in [0.29, 0.717) is 13.2 Å². The summed E-state index contributed by atoms with van der Waals surface area (Å²) in [5.41, 5.74) is 1.32. The van der Waals surface area contributed by atoms with Gasteiger partial charge in [0.1, 0.15) is 13.2 Å². The van der Waals surface area contributed by atoms with Gasteiger partial charge in [-0.1, -0.05) is 18.9 Å². The van der Waals surface area contributed by atoms with E-state index in [1.54, 1.807) is 0 Å². The zero-order valence-corrected chi connectivity index (χ0v) is 11.5. The van der Waals surface area contributed by atoms with Gasteiger partial charge in [-0.15, -0.1) is 0 Å². The normalized spacial score (nSPS) is 18.7. The van der Waals surface area contributed by atoms with Gasteiger partial charge in [0, 0.05) is 0 Å². The molecule has 0 radical (unpaired) electrons. The molecule has 1 aromatic carbocycles. The first kappa shape index (κ1) is 12.8. The van der Waals surface area contributed by atoms with Gasteiger partial charge in [0.25, 0.3) is 0 Å². The second-order valence-electron chi connectivity index (χ2n) is 5.58. The molecule has 104 valence electrons. The van der Waals surface area contributed by atoms with Gasteiger partial charge in [-0.2, -0.15) is 0 Å². The van der Waals surface area contributed by atoms with Crippen molar-refractivity contribution in [2.75, 3.05) is 26.3 Å². The molecule has 1 fully saturated rings. The molecule has 3 nitrogen and oxygen atoms in total. The zero-order valence-electron chi connectivity index (χ0n) is 11.5. The maximum atomic E-state index is 5.61. The van der Waals surface area contributed by atoms with Crippen LogP contribution in [0, 0.1) is 5.92 Å². The number of fused-ring (bicyclic) bond motifs is 1. The highest BCUT2D eigenvalue weighted by Gasteiger charge is 2.14. The summed E-state index contributed by atoms with van der Waals surface area (Å²) in [4.78, 5) is 0. The Kier molecular flexibility index (Phi) is 4.23. The minimum absolute atomic E-state index is 0.662. The molecule has 1 aromatic rings. The van der Waals surface area contributed by atoms with Crippen LogP contribution in [0.25, 0.3) is 0 Å². The molecular formula is C16H23NO2. The van der Waals surface area contributed by atoms with E-state index in [9.17, 15) is 0 Å². The highest BCUT2D eigenvalue weighted by molar-refractivity contribution is 5.43. The Balaban J connectivity index is 1.44. The molecule has 0 amide bonds. The van der Waals surface area contributed by atoms with Crippen LogP contribution in [0.4, 0.5) is 0 Å². The van der Waals surface area contributed by atoms with Gasteiger partial charge < -0.3 is 14.8 Å². The standard InChI is InChI=1S/C16H23NO2/c1-2-4-14(3-1)12-17-8-7-13-5-6-15-16(11-13)19-10-9-18-15/h5-6,11,14,17H,1-4,7-10,12H2. The van der Waals surface area contributed by atoms with Crippen LogP contribution in [0.1, 0.15) is 31.2 Å². The van der Waals surface area contributed by atoms with Crippen LogP contribution < -0.4 is 14.8 Å². The molecule has 0 aromatic heterocycles. The summed E-state index contributed by atoms with van der Waals surface area (Å²) in [6.45, 7) is 3.56. The van der Waals surface area contributed by atoms with Crippen molar-refractivity contribution in [3.05, 3.63) is 23.8 Å². The van der Waals surface area contributed by atoms with Gasteiger partial charge in [0.05, 0.1) is 0 Å². The van der Waals surface area contributed by atoms with Crippen molar-refractivity contribution in [3.63, 3.8) is 0 Å². The molecule has 19 heavy (non-hydrogen) atoms. The lowest BCUT2D eigenvalue weighted by atomic mass is 10.1. The molecule has 2 aliphatic rings. The maximum Gasteiger partial charge on any atom is 0.161 e. The molecule has 1 heterocycles. The summed E-state index contributed by atoms with van der Waals surface area (Å²) in [6.07, 6.45) is 6.74. The minimum atomic E-state index is 0.662. The molecule has 1 N–H and O–H groups in total. The first-order chi connectivity index (χ1) is 9.42. The minimum Gasteiger partial charge on any atom is -0.486 e. The zero-order chi connectivity index (χ0) is 12.9. The SMILES string of the molecule is c1cc2c(cc1CCNCC1CCCC1)OCCO2. The van der Waals surface area contributed by atoms with Crippen LogP contribution in [0.15, 0.2) is 18.2 Å². The van der Waals surface area contributed by atoms with Crippen molar-refractivity contribution in [1.82, 2.24) is 5.32 Å². The fourth-order valence-electron chi connectivity index (χ4n) is 3.00. The molecule has 0 saturated heterocycles. The van der Waals surface area contributed by atoms with E-state index in [1.807, 2.05) is 6.07 Å². The van der Waals surface area contributed by atoms with Gasteiger partial charge in [-0.25, -0.2) is 0 Å². The summed E-state index contributed by atoms with van der Waals surface area (Å²) < 4.78 is 11.1. The Morgan fingerprint density at radius 3 is 2.68 bits per heavy atom. The Hall–Kier alpha value is -1.22. The van der Waals surface area contributed by atoms with E-state index in [1.165, 1.54) is 37.8 Å². The van der Waals surface area contributed by atoms with Crippen LogP contribution in [0.5, 0.6) is 11.5 Å². The van der Waals surface area contributed by atoms with Gasteiger partial charge >= 0.3 is 0 Å². The second-order valence-corrected chi connectivity index (χ2v) is 5.58. The van der Waals surface area contributed by atoms with Gasteiger partial charge in [-0.3, -0.25) is 0 Å². The van der Waals surface area contributed by atoms with Gasteiger partial charge in [-0.05, 0) is 56.0 Å². The molecule has 1 aliphatic heterocycles. The summed E-state index contributed by atoms with van der Waals surface area (Å²) in [6, 6.07) is 6.29. The Morgan fingerprint density at radius 1 is 1.05 bits per heavy atom. The Bertz CT molecular complexity index is 413. The van der Waals surface area contributed by atoms with Crippen molar-refractivity contribution >= 4 is 0 Å². The first-order valence-electron chi connectivity index (χ1n) is 7.51. The predicted octanol–water partition coefficient (Wildman–Crippen LogP) is 2.78. The van der Waals surface area contributed by atoms with Crippen molar-refractivity contribution in [2.24, 2.45) is 5.92 Å². The summed E-state index contributed by atoms with van der Waals surface area (Å²) in [5, 5.41) is 3.58. The van der Waals surface area contributed by atoms with Crippen molar-refractivity contribution in [2.45, 2.75) is 32.1 Å². The number of hydrogen-bond acceptors (Lipinski definition) is 3. The second kappa shape index (κ2) is 6.29. The predicted molar refractivity (Wildman–Crippen MR) is 76.0 cm³/mol. The van der Waals surface area contributed by atoms with E-state index < -0.39 is 0 Å². The average molecular weight is 261 g/mol. The molecule has 0 unspecified atom stereocenters. The first-order valence-corrected chi connectivity index (χ1v) is 7.51. The summed E-state index contributed by atoms with van der Waals surface area (Å²) in [5.74, 6) is 2.70. The Morgan fingerprint density at radius 2 is 1.84 bits per heavy atom. The third kappa shape index (κ3) is 3.41. The third-order valence-electron chi connectivity index (χ3n) is 4.10. The number of benzene rings is 1. The van der Waals surface area contributed by atoms with E-state index in [-0.39, 0.29) is 0 Å². The lowest BCUT2D eigenvalue weighted by molar-refractivity contribution is 0.171. The van der Waals surface area contributed by atoms with Crippen molar-refractivity contribution in [1.29, 1.82) is 0 Å². The third-order valence-corrected chi connectivity index (χ3v) is 4.10. The average Bonchev–Trinajstić information content (AvgIpc) is 2.97. The molecule has 3 rings (SSSR count). The van der Waals surface area contributed by atoms with Crippen molar-refractivity contribution < 1.29 is 9.47 Å². The van der Waals surface area contributed by atoms with Gasteiger partial charge in [0.2, 0.25) is 0 Å². The quantitative estimate of drug-likeness (QED) is 0.827. The van der Waals surface area contributed by atoms with E-state index in [0.717, 1.165) is 30.4 Å². The topological polar surface area (TPSA) is 30.5 Å². The summed E-state index contributed by atoms with van der Waals surface area (Å²) in [7, 11) is 0. The van der Waals surface area contributed by atoms with E-state index in [2.05, 4.69) is 17.4 Å². The molecule has 1 saturated carbocycles. The molecule has 0 spiro atoms. The van der Waals surface area contributed by atoms with Crippen molar-refractivity contribution in [3.8, 4) is 11.5 Å². The Labute approximate surface area is 115 Å². The van der Waals surface area contributed by atoms with Crippen LogP contribution >= 0.6 is 0 Å². The molecule has 3 heteroatoms. The molecule has 1 aliphatic carbocycles. The van der Waals surface area contributed by atoms with Crippen LogP contribution in [0.2, 0.25) is 0 Å². The van der Waals surface area contributed by atoms with Crippen LogP contribution in [-0.4, -0.2) is 26.3 Å². The smallest absolute Gasteiger partial charge is 0.161 e. The lowest BCUT2D eigenvalue weighted by Crippen LogP contribution is -2.23. The molecule has 0 atom stereocenters. The fraction of sp³-hybridized carbons (Fsp3) is 0.625. The fourth-order valence-corrected chi connectivity index (χ4v) is 3.00. The molecular weight excluding hydrogens is 238 g/mol. The highest BCUT2D eigenvalue weighted by atomic mass is 16.6. The highest BCUT2D eigenvalue weighted by Crippen LogP contribution is 2.30. The van der Waals surface area contributed by atoms with Gasteiger partial charge in [0.15, 0.2) is 11.5 Å². The molecule has 0 bridgehead atoms. The monoisotopic (exact) mass is 261 g/mol. The number of hydrogen-bond donors (Lipinski definition) is 1. The van der Waals surface area contributed by atoms with E-state index in [4.69, 9.17) is 9.47 Å². The van der Waals surface area contributed by atoms with E-state index >= 15 is 0 Å². The lowest BCUT2D eigenvalue weighted by Gasteiger charge is -2.19. The largest absolute Gasteiger partial charge is 0.486 e. The van der Waals surface area contributed by atoms with Crippen LogP contribution in [0.3, 0.4) is 0 Å². The number of nitrogens with one attached hydrogen (secondary N) is 1. The number of rotatable bonds is 5.